The summed E-state index contributed by atoms with van der Waals surface area (Å²) in [7, 11) is 0. The first-order valence-corrected chi connectivity index (χ1v) is 10.2. The molecule has 1 amide bonds. The second-order valence-corrected chi connectivity index (χ2v) is 8.55. The fourth-order valence-electron chi connectivity index (χ4n) is 2.59. The average molecular weight is 419 g/mol. The lowest BCUT2D eigenvalue weighted by Crippen LogP contribution is -2.10. The summed E-state index contributed by atoms with van der Waals surface area (Å²) in [6, 6.07) is 15.4. The van der Waals surface area contributed by atoms with Crippen molar-refractivity contribution in [3.63, 3.8) is 0 Å². The van der Waals surface area contributed by atoms with Crippen LogP contribution in [0, 0.1) is 0 Å². The number of nitrogens with zero attached hydrogens (tertiary/aromatic N) is 1. The highest BCUT2D eigenvalue weighted by atomic mass is 35.5. The Balaban J connectivity index is 1.52. The van der Waals surface area contributed by atoms with Crippen LogP contribution in [-0.2, 0) is 6.42 Å². The molecule has 0 aliphatic heterocycles. The van der Waals surface area contributed by atoms with Crippen LogP contribution in [0.5, 0.6) is 0 Å². The number of thiophene rings is 1. The smallest absolute Gasteiger partial charge is 0.269 e. The lowest BCUT2D eigenvalue weighted by Gasteiger charge is -2.01. The number of fused-ring (bicyclic) bond motifs is 1. The molecule has 4 rings (SSSR count). The number of rotatable bonds is 4. The minimum absolute atomic E-state index is 0.241. The van der Waals surface area contributed by atoms with Crippen molar-refractivity contribution in [1.29, 1.82) is 0 Å². The minimum atomic E-state index is -0.241. The fourth-order valence-corrected chi connectivity index (χ4v) is 5.04. The van der Waals surface area contributed by atoms with E-state index in [2.05, 4.69) is 10.3 Å². The highest BCUT2D eigenvalue weighted by Crippen LogP contribution is 2.35. The van der Waals surface area contributed by atoms with E-state index in [9.17, 15) is 4.79 Å². The maximum Gasteiger partial charge on any atom is 0.269 e. The molecule has 130 valence electrons. The lowest BCUT2D eigenvalue weighted by molar-refractivity contribution is 0.103. The van der Waals surface area contributed by atoms with Crippen molar-refractivity contribution in [2.24, 2.45) is 0 Å². The third-order valence-electron chi connectivity index (χ3n) is 3.84. The number of carbonyl (C=O) groups is 1. The van der Waals surface area contributed by atoms with Gasteiger partial charge in [-0.1, -0.05) is 59.6 Å². The first-order valence-electron chi connectivity index (χ1n) is 7.78. The topological polar surface area (TPSA) is 42.0 Å². The highest BCUT2D eigenvalue weighted by Gasteiger charge is 2.18. The minimum Gasteiger partial charge on any atom is -0.297 e. The van der Waals surface area contributed by atoms with Crippen LogP contribution in [0.2, 0.25) is 10.0 Å². The van der Waals surface area contributed by atoms with Crippen molar-refractivity contribution in [2.75, 3.05) is 5.32 Å². The van der Waals surface area contributed by atoms with Crippen molar-refractivity contribution >= 4 is 67.0 Å². The number of benzene rings is 2. The number of carbonyl (C=O) groups excluding carboxylic acids is 1. The van der Waals surface area contributed by atoms with Gasteiger partial charge in [0.15, 0.2) is 5.13 Å². The Bertz CT molecular complexity index is 1100. The quantitative estimate of drug-likeness (QED) is 0.410. The zero-order chi connectivity index (χ0) is 18.1. The van der Waals surface area contributed by atoms with Crippen LogP contribution < -0.4 is 5.32 Å². The van der Waals surface area contributed by atoms with Gasteiger partial charge in [-0.25, -0.2) is 4.98 Å². The summed E-state index contributed by atoms with van der Waals surface area (Å²) in [5.74, 6) is -0.241. The SMILES string of the molecule is O=C(Nc1ncc(Cc2ccccc2Cl)s1)c1sc2ccccc2c1Cl. The summed E-state index contributed by atoms with van der Waals surface area (Å²) in [5.41, 5.74) is 1.03. The van der Waals surface area contributed by atoms with Crippen LogP contribution in [0.25, 0.3) is 10.1 Å². The number of hydrogen-bond donors (Lipinski definition) is 1. The van der Waals surface area contributed by atoms with E-state index in [0.29, 0.717) is 21.5 Å². The monoisotopic (exact) mass is 418 g/mol. The van der Waals surface area contributed by atoms with Gasteiger partial charge in [-0.3, -0.25) is 10.1 Å². The summed E-state index contributed by atoms with van der Waals surface area (Å²) in [4.78, 5) is 18.4. The molecule has 0 fully saturated rings. The molecule has 2 heterocycles. The second-order valence-electron chi connectivity index (χ2n) is 5.60. The van der Waals surface area contributed by atoms with Crippen LogP contribution in [0.15, 0.2) is 54.7 Å². The Morgan fingerprint density at radius 1 is 1.04 bits per heavy atom. The van der Waals surface area contributed by atoms with Gasteiger partial charge in [0.1, 0.15) is 4.88 Å². The van der Waals surface area contributed by atoms with E-state index in [1.54, 1.807) is 6.20 Å². The maximum atomic E-state index is 12.6. The van der Waals surface area contributed by atoms with Gasteiger partial charge in [0.05, 0.1) is 5.02 Å². The Kier molecular flexibility index (Phi) is 4.96. The number of halogens is 2. The number of nitrogens with one attached hydrogen (secondary N) is 1. The van der Waals surface area contributed by atoms with Gasteiger partial charge in [0, 0.05) is 32.6 Å². The van der Waals surface area contributed by atoms with E-state index in [1.165, 1.54) is 22.7 Å². The third-order valence-corrected chi connectivity index (χ3v) is 6.79. The molecule has 0 aliphatic carbocycles. The van der Waals surface area contributed by atoms with Gasteiger partial charge in [0.2, 0.25) is 0 Å². The molecular weight excluding hydrogens is 407 g/mol. The molecule has 0 atom stereocenters. The van der Waals surface area contributed by atoms with Crippen LogP contribution in [0.4, 0.5) is 5.13 Å². The Labute approximate surface area is 168 Å². The summed E-state index contributed by atoms with van der Waals surface area (Å²) < 4.78 is 0.987. The van der Waals surface area contributed by atoms with Crippen LogP contribution in [0.1, 0.15) is 20.1 Å². The normalized spacial score (nSPS) is 11.0. The molecule has 0 unspecified atom stereocenters. The molecule has 0 bridgehead atoms. The van der Waals surface area contributed by atoms with Gasteiger partial charge in [0.25, 0.3) is 5.91 Å². The van der Waals surface area contributed by atoms with E-state index in [0.717, 1.165) is 25.5 Å². The van der Waals surface area contributed by atoms with Crippen molar-refractivity contribution in [3.05, 3.63) is 80.1 Å². The summed E-state index contributed by atoms with van der Waals surface area (Å²) >= 11 is 15.4. The van der Waals surface area contributed by atoms with Gasteiger partial charge >= 0.3 is 0 Å². The van der Waals surface area contributed by atoms with Crippen LogP contribution in [-0.4, -0.2) is 10.9 Å². The zero-order valence-corrected chi connectivity index (χ0v) is 16.5. The first-order chi connectivity index (χ1) is 12.6. The number of aromatic nitrogens is 1. The number of amides is 1. The van der Waals surface area contributed by atoms with Crippen LogP contribution in [0.3, 0.4) is 0 Å². The summed E-state index contributed by atoms with van der Waals surface area (Å²) in [6.07, 6.45) is 2.44. The van der Waals surface area contributed by atoms with Crippen molar-refractivity contribution in [3.8, 4) is 0 Å². The zero-order valence-electron chi connectivity index (χ0n) is 13.3. The predicted molar refractivity (Wildman–Crippen MR) is 111 cm³/mol. The molecule has 3 nitrogen and oxygen atoms in total. The molecule has 26 heavy (non-hydrogen) atoms. The Morgan fingerprint density at radius 3 is 2.62 bits per heavy atom. The average Bonchev–Trinajstić information content (AvgIpc) is 3.22. The standard InChI is InChI=1S/C19H12Cl2N2OS2/c20-14-7-3-1-5-11(14)9-12-10-22-19(25-12)23-18(24)17-16(21)13-6-2-4-8-15(13)26-17/h1-8,10H,9H2,(H,22,23,24). The van der Waals surface area contributed by atoms with E-state index in [4.69, 9.17) is 23.2 Å². The Morgan fingerprint density at radius 2 is 1.81 bits per heavy atom. The number of hydrogen-bond acceptors (Lipinski definition) is 4. The molecular formula is C19H12Cl2N2OS2. The van der Waals surface area contributed by atoms with Crippen molar-refractivity contribution in [1.82, 2.24) is 4.98 Å². The highest BCUT2D eigenvalue weighted by molar-refractivity contribution is 7.22. The molecule has 0 radical (unpaired) electrons. The predicted octanol–water partition coefficient (Wildman–Crippen LogP) is 6.51. The van der Waals surface area contributed by atoms with Gasteiger partial charge in [-0.05, 0) is 17.7 Å². The van der Waals surface area contributed by atoms with E-state index < -0.39 is 0 Å². The molecule has 4 aromatic rings. The van der Waals surface area contributed by atoms with E-state index in [1.807, 2.05) is 48.5 Å². The molecule has 0 saturated carbocycles. The van der Waals surface area contributed by atoms with Gasteiger partial charge in [-0.2, -0.15) is 0 Å². The summed E-state index contributed by atoms with van der Waals surface area (Å²) in [5, 5.41) is 5.49. The largest absolute Gasteiger partial charge is 0.297 e. The third kappa shape index (κ3) is 3.48. The molecule has 0 aliphatic rings. The molecule has 7 heteroatoms. The molecule has 2 aromatic carbocycles. The Hall–Kier alpha value is -1.92. The lowest BCUT2D eigenvalue weighted by atomic mass is 10.1. The second kappa shape index (κ2) is 7.37. The molecule has 2 aromatic heterocycles. The van der Waals surface area contributed by atoms with Crippen molar-refractivity contribution < 1.29 is 4.79 Å². The molecule has 0 saturated heterocycles. The fraction of sp³-hybridized carbons (Fsp3) is 0.0526. The molecule has 1 N–H and O–H groups in total. The van der Waals surface area contributed by atoms with E-state index in [-0.39, 0.29) is 5.91 Å². The van der Waals surface area contributed by atoms with Crippen molar-refractivity contribution in [2.45, 2.75) is 6.42 Å². The molecule has 0 spiro atoms. The number of thiazole rings is 1. The van der Waals surface area contributed by atoms with Crippen LogP contribution >= 0.6 is 45.9 Å². The first kappa shape index (κ1) is 17.5. The van der Waals surface area contributed by atoms with Gasteiger partial charge in [-0.15, -0.1) is 22.7 Å². The summed E-state index contributed by atoms with van der Waals surface area (Å²) in [6.45, 7) is 0. The maximum absolute atomic E-state index is 12.6. The van der Waals surface area contributed by atoms with E-state index >= 15 is 0 Å². The van der Waals surface area contributed by atoms with Gasteiger partial charge < -0.3 is 0 Å². The number of anilines is 1.